The van der Waals surface area contributed by atoms with E-state index in [0.29, 0.717) is 36.5 Å². The molecule has 0 amide bonds. The van der Waals surface area contributed by atoms with Gasteiger partial charge in [0.05, 0.1) is 11.0 Å². The summed E-state index contributed by atoms with van der Waals surface area (Å²) >= 11 is 0. The van der Waals surface area contributed by atoms with Gasteiger partial charge in [0.2, 0.25) is 5.88 Å². The van der Waals surface area contributed by atoms with Crippen molar-refractivity contribution in [2.24, 2.45) is 0 Å². The van der Waals surface area contributed by atoms with Gasteiger partial charge < -0.3 is 24.5 Å². The summed E-state index contributed by atoms with van der Waals surface area (Å²) in [6, 6.07) is 14.6. The van der Waals surface area contributed by atoms with Gasteiger partial charge >= 0.3 is 0 Å². The average molecular weight is 570 g/mol. The monoisotopic (exact) mass is 569 g/mol. The van der Waals surface area contributed by atoms with Gasteiger partial charge in [-0.2, -0.15) is 4.98 Å². The predicted molar refractivity (Wildman–Crippen MR) is 154 cm³/mol. The van der Waals surface area contributed by atoms with Crippen molar-refractivity contribution < 1.29 is 23.4 Å². The molecule has 0 bridgehead atoms. The molecule has 4 rings (SSSR count). The molecule has 0 atom stereocenters. The van der Waals surface area contributed by atoms with Crippen LogP contribution in [-0.4, -0.2) is 51.5 Å². The molecule has 2 N–H and O–H groups in total. The molecule has 0 spiro atoms. The van der Waals surface area contributed by atoms with Gasteiger partial charge in [-0.15, -0.1) is 0 Å². The summed E-state index contributed by atoms with van der Waals surface area (Å²) in [5.41, 5.74) is 0.348. The Bertz CT molecular complexity index is 1420. The second kappa shape index (κ2) is 12.5. The van der Waals surface area contributed by atoms with E-state index in [1.807, 2.05) is 41.1 Å². The Balaban J connectivity index is 1.81. The first-order valence-corrected chi connectivity index (χ1v) is 17.0. The zero-order valence-corrected chi connectivity index (χ0v) is 24.6. The molecule has 0 aliphatic rings. The Morgan fingerprint density at radius 2 is 1.77 bits per heavy atom. The van der Waals surface area contributed by atoms with E-state index in [1.165, 1.54) is 12.1 Å². The summed E-state index contributed by atoms with van der Waals surface area (Å²) in [7, 11) is -1.28. The first-order chi connectivity index (χ1) is 18.9. The molecule has 1 aromatic carbocycles. The Morgan fingerprint density at radius 3 is 2.45 bits per heavy atom. The van der Waals surface area contributed by atoms with Crippen molar-refractivity contribution in [2.75, 3.05) is 13.2 Å². The Morgan fingerprint density at radius 1 is 1.02 bits per heavy atom. The minimum absolute atomic E-state index is 0.165. The highest BCUT2D eigenvalue weighted by molar-refractivity contribution is 6.76. The largest absolute Gasteiger partial charge is 0.438 e. The quantitative estimate of drug-likeness (QED) is 0.142. The van der Waals surface area contributed by atoms with E-state index in [-0.39, 0.29) is 29.8 Å². The number of benzene rings is 1. The molecule has 40 heavy (non-hydrogen) atoms. The predicted octanol–water partition coefficient (Wildman–Crippen LogP) is 6.40. The standard InChI is InChI=1S/C29H37F2N5O3Si/c1-29(2,37)18-32-16-20-17-36(19-38-14-15-40(3,4)5)27-24(20)28(39-21-10-7-6-8-11-21)35-26(34-27)23-13-9-12-22(33-23)25(30)31/h6-13,17,25,32,37H,14-16,18-19H2,1-5H3. The van der Waals surface area contributed by atoms with Gasteiger partial charge in [0, 0.05) is 34.0 Å². The number of aromatic nitrogens is 4. The molecule has 214 valence electrons. The zero-order valence-electron chi connectivity index (χ0n) is 23.6. The lowest BCUT2D eigenvalue weighted by atomic mass is 10.1. The van der Waals surface area contributed by atoms with Crippen LogP contribution in [0.5, 0.6) is 11.6 Å². The van der Waals surface area contributed by atoms with Gasteiger partial charge in [-0.3, -0.25) is 0 Å². The number of nitrogens with one attached hydrogen (secondary N) is 1. The molecule has 0 saturated carbocycles. The van der Waals surface area contributed by atoms with E-state index in [2.05, 4.69) is 34.9 Å². The number of hydrogen-bond donors (Lipinski definition) is 2. The number of aliphatic hydroxyl groups is 1. The van der Waals surface area contributed by atoms with Crippen LogP contribution < -0.4 is 10.1 Å². The summed E-state index contributed by atoms with van der Waals surface area (Å²) in [6.45, 7) is 12.0. The van der Waals surface area contributed by atoms with Crippen molar-refractivity contribution in [1.82, 2.24) is 24.8 Å². The highest BCUT2D eigenvalue weighted by Crippen LogP contribution is 2.34. The smallest absolute Gasteiger partial charge is 0.280 e. The molecule has 0 aliphatic carbocycles. The van der Waals surface area contributed by atoms with Crippen LogP contribution in [0.4, 0.5) is 8.78 Å². The third-order valence-electron chi connectivity index (χ3n) is 6.04. The lowest BCUT2D eigenvalue weighted by Gasteiger charge is -2.17. The molecular weight excluding hydrogens is 532 g/mol. The highest BCUT2D eigenvalue weighted by Gasteiger charge is 2.22. The SMILES string of the molecule is CC(C)(O)CNCc1cn(COCC[Si](C)(C)C)c2nc(-c3cccc(C(F)F)n3)nc(Oc3ccccc3)c12. The Hall–Kier alpha value is -3.25. The fourth-order valence-electron chi connectivity index (χ4n) is 3.99. The molecule has 0 saturated heterocycles. The van der Waals surface area contributed by atoms with Crippen LogP contribution in [0.25, 0.3) is 22.6 Å². The summed E-state index contributed by atoms with van der Waals surface area (Å²) < 4.78 is 41.1. The van der Waals surface area contributed by atoms with E-state index in [4.69, 9.17) is 14.5 Å². The van der Waals surface area contributed by atoms with Crippen molar-refractivity contribution in [3.63, 3.8) is 0 Å². The van der Waals surface area contributed by atoms with Gasteiger partial charge in [0.1, 0.15) is 29.5 Å². The Labute approximate surface area is 234 Å². The van der Waals surface area contributed by atoms with Crippen LogP contribution in [0.1, 0.15) is 31.5 Å². The number of nitrogens with zero attached hydrogens (tertiary/aromatic N) is 4. The van der Waals surface area contributed by atoms with E-state index in [1.54, 1.807) is 19.9 Å². The van der Waals surface area contributed by atoms with Crippen molar-refractivity contribution in [2.45, 2.75) is 64.8 Å². The molecule has 11 heteroatoms. The third-order valence-corrected chi connectivity index (χ3v) is 7.75. The maximum Gasteiger partial charge on any atom is 0.280 e. The second-order valence-corrected chi connectivity index (χ2v) is 17.2. The molecular formula is C29H37F2N5O3Si. The molecule has 0 radical (unpaired) electrons. The first-order valence-electron chi connectivity index (χ1n) is 13.3. The van der Waals surface area contributed by atoms with E-state index >= 15 is 0 Å². The topological polar surface area (TPSA) is 94.3 Å². The van der Waals surface area contributed by atoms with Crippen molar-refractivity contribution in [1.29, 1.82) is 0 Å². The van der Waals surface area contributed by atoms with Gasteiger partial charge in [0.25, 0.3) is 6.43 Å². The number of pyridine rings is 1. The van der Waals surface area contributed by atoms with Crippen molar-refractivity contribution >= 4 is 19.1 Å². The van der Waals surface area contributed by atoms with Gasteiger partial charge in [-0.05, 0) is 49.7 Å². The van der Waals surface area contributed by atoms with Crippen molar-refractivity contribution in [3.05, 3.63) is 66.0 Å². The second-order valence-electron chi connectivity index (χ2n) is 11.6. The van der Waals surface area contributed by atoms with Crippen LogP contribution in [0.3, 0.4) is 0 Å². The number of para-hydroxylation sites is 1. The molecule has 0 fully saturated rings. The third kappa shape index (κ3) is 8.13. The minimum atomic E-state index is -2.72. The number of ether oxygens (including phenoxy) is 2. The van der Waals surface area contributed by atoms with Gasteiger partial charge in [-0.25, -0.2) is 18.7 Å². The minimum Gasteiger partial charge on any atom is -0.438 e. The number of hydrogen-bond acceptors (Lipinski definition) is 7. The number of fused-ring (bicyclic) bond motifs is 1. The molecule has 4 aromatic rings. The highest BCUT2D eigenvalue weighted by atomic mass is 28.3. The van der Waals surface area contributed by atoms with Gasteiger partial charge in [-0.1, -0.05) is 43.9 Å². The summed E-state index contributed by atoms with van der Waals surface area (Å²) in [6.07, 6.45) is -0.795. The van der Waals surface area contributed by atoms with E-state index in [0.717, 1.165) is 11.6 Å². The molecule has 8 nitrogen and oxygen atoms in total. The van der Waals surface area contributed by atoms with Crippen LogP contribution >= 0.6 is 0 Å². The Kier molecular flexibility index (Phi) is 9.29. The van der Waals surface area contributed by atoms with Crippen LogP contribution in [0, 0.1) is 0 Å². The first kappa shape index (κ1) is 29.7. The maximum atomic E-state index is 13.4. The molecule has 3 heterocycles. The fourth-order valence-corrected chi connectivity index (χ4v) is 4.75. The number of alkyl halides is 2. The average Bonchev–Trinajstić information content (AvgIpc) is 3.23. The van der Waals surface area contributed by atoms with E-state index in [9.17, 15) is 13.9 Å². The molecule has 0 unspecified atom stereocenters. The number of rotatable bonds is 13. The molecule has 3 aromatic heterocycles. The lowest BCUT2D eigenvalue weighted by molar-refractivity contribution is 0.0793. The van der Waals surface area contributed by atoms with E-state index < -0.39 is 20.1 Å². The van der Waals surface area contributed by atoms with Crippen LogP contribution in [0.15, 0.2) is 54.7 Å². The molecule has 0 aliphatic heterocycles. The van der Waals surface area contributed by atoms with Crippen molar-refractivity contribution in [3.8, 4) is 23.1 Å². The maximum absolute atomic E-state index is 13.4. The summed E-state index contributed by atoms with van der Waals surface area (Å²) in [5.74, 6) is 1.01. The van der Waals surface area contributed by atoms with Crippen LogP contribution in [-0.2, 0) is 18.0 Å². The zero-order chi connectivity index (χ0) is 28.9. The fraction of sp³-hybridized carbons (Fsp3) is 0.414. The normalized spacial score (nSPS) is 12.4. The summed E-state index contributed by atoms with van der Waals surface area (Å²) in [5, 5.41) is 14.2. The summed E-state index contributed by atoms with van der Waals surface area (Å²) in [4.78, 5) is 13.5. The van der Waals surface area contributed by atoms with Gasteiger partial charge in [0.15, 0.2) is 5.82 Å². The van der Waals surface area contributed by atoms with Crippen LogP contribution in [0.2, 0.25) is 25.7 Å². The number of halogens is 2. The lowest BCUT2D eigenvalue weighted by Crippen LogP contribution is -2.34.